The van der Waals surface area contributed by atoms with Gasteiger partial charge in [0.1, 0.15) is 0 Å². The Labute approximate surface area is 124 Å². The fourth-order valence-electron chi connectivity index (χ4n) is 3.18. The average Bonchev–Trinajstić information content (AvgIpc) is 3.21. The van der Waals surface area contributed by atoms with Gasteiger partial charge in [-0.2, -0.15) is 0 Å². The van der Waals surface area contributed by atoms with Crippen molar-refractivity contribution in [2.24, 2.45) is 5.92 Å². The van der Waals surface area contributed by atoms with E-state index in [9.17, 15) is 0 Å². The number of hydrogen-bond acceptors (Lipinski definition) is 4. The minimum Gasteiger partial charge on any atom is -0.383 e. The van der Waals surface area contributed by atoms with Crippen LogP contribution in [0.4, 0.5) is 0 Å². The van der Waals surface area contributed by atoms with Crippen molar-refractivity contribution in [1.82, 2.24) is 10.2 Å². The van der Waals surface area contributed by atoms with Crippen LogP contribution in [0.2, 0.25) is 0 Å². The number of likely N-dealkylation sites (N-methyl/N-ethyl adjacent to an activating group) is 1. The molecule has 118 valence electrons. The van der Waals surface area contributed by atoms with Gasteiger partial charge in [0, 0.05) is 32.8 Å². The highest BCUT2D eigenvalue weighted by molar-refractivity contribution is 4.87. The van der Waals surface area contributed by atoms with E-state index in [-0.39, 0.29) is 0 Å². The first-order valence-electron chi connectivity index (χ1n) is 8.33. The zero-order chi connectivity index (χ0) is 14.4. The molecular weight excluding hydrogens is 252 g/mol. The fraction of sp³-hybridized carbons (Fsp3) is 1.00. The number of nitrogens with zero attached hydrogens (tertiary/aromatic N) is 1. The third kappa shape index (κ3) is 4.99. The Kier molecular flexibility index (Phi) is 6.75. The van der Waals surface area contributed by atoms with Crippen LogP contribution in [0.15, 0.2) is 0 Å². The zero-order valence-electron chi connectivity index (χ0n) is 13.4. The molecule has 0 aromatic heterocycles. The Balaban J connectivity index is 1.75. The second-order valence-electron chi connectivity index (χ2n) is 6.33. The molecule has 20 heavy (non-hydrogen) atoms. The molecule has 3 atom stereocenters. The van der Waals surface area contributed by atoms with E-state index in [0.29, 0.717) is 18.2 Å². The highest BCUT2D eigenvalue weighted by Crippen LogP contribution is 2.35. The first kappa shape index (κ1) is 16.2. The fourth-order valence-corrected chi connectivity index (χ4v) is 3.18. The molecule has 1 saturated carbocycles. The molecule has 0 amide bonds. The smallest absolute Gasteiger partial charge is 0.0707 e. The summed E-state index contributed by atoms with van der Waals surface area (Å²) in [5.41, 5.74) is 0. The lowest BCUT2D eigenvalue weighted by Gasteiger charge is -2.31. The Bertz CT molecular complexity index is 271. The van der Waals surface area contributed by atoms with Gasteiger partial charge in [0.25, 0.3) is 0 Å². The quantitative estimate of drug-likeness (QED) is 0.664. The van der Waals surface area contributed by atoms with E-state index in [1.165, 1.54) is 25.7 Å². The molecule has 1 aliphatic heterocycles. The van der Waals surface area contributed by atoms with E-state index >= 15 is 0 Å². The maximum absolute atomic E-state index is 6.18. The van der Waals surface area contributed by atoms with E-state index < -0.39 is 0 Å². The topological polar surface area (TPSA) is 33.7 Å². The molecule has 0 spiro atoms. The molecule has 0 aromatic carbocycles. The monoisotopic (exact) mass is 284 g/mol. The van der Waals surface area contributed by atoms with E-state index in [0.717, 1.165) is 38.7 Å². The Morgan fingerprint density at radius 2 is 2.00 bits per heavy atom. The van der Waals surface area contributed by atoms with Gasteiger partial charge in [0.2, 0.25) is 0 Å². The Hall–Kier alpha value is -0.160. The van der Waals surface area contributed by atoms with Gasteiger partial charge in [-0.1, -0.05) is 6.92 Å². The summed E-state index contributed by atoms with van der Waals surface area (Å²) in [7, 11) is 1.79. The molecule has 2 rings (SSSR count). The molecule has 2 fully saturated rings. The Morgan fingerprint density at radius 3 is 2.65 bits per heavy atom. The summed E-state index contributed by atoms with van der Waals surface area (Å²) < 4.78 is 11.4. The van der Waals surface area contributed by atoms with E-state index in [4.69, 9.17) is 9.47 Å². The van der Waals surface area contributed by atoms with E-state index in [1.54, 1.807) is 7.11 Å². The summed E-state index contributed by atoms with van der Waals surface area (Å²) >= 11 is 0. The van der Waals surface area contributed by atoms with Gasteiger partial charge in [-0.05, 0) is 45.1 Å². The average molecular weight is 284 g/mol. The molecular formula is C16H32N2O2. The van der Waals surface area contributed by atoms with E-state index in [2.05, 4.69) is 24.1 Å². The predicted molar refractivity (Wildman–Crippen MR) is 82.1 cm³/mol. The lowest BCUT2D eigenvalue weighted by molar-refractivity contribution is 0.00778. The van der Waals surface area contributed by atoms with Crippen LogP contribution in [0.25, 0.3) is 0 Å². The van der Waals surface area contributed by atoms with Crippen LogP contribution in [-0.2, 0) is 9.47 Å². The van der Waals surface area contributed by atoms with Crippen LogP contribution in [0.3, 0.4) is 0 Å². The molecule has 1 saturated heterocycles. The minimum absolute atomic E-state index is 0.414. The first-order chi connectivity index (χ1) is 9.74. The van der Waals surface area contributed by atoms with Gasteiger partial charge in [0.05, 0.1) is 18.8 Å². The van der Waals surface area contributed by atoms with Crippen LogP contribution in [0, 0.1) is 5.92 Å². The molecule has 0 bridgehead atoms. The number of ether oxygens (including phenoxy) is 2. The largest absolute Gasteiger partial charge is 0.383 e. The van der Waals surface area contributed by atoms with Crippen molar-refractivity contribution in [3.63, 3.8) is 0 Å². The van der Waals surface area contributed by atoms with Crippen LogP contribution in [0.1, 0.15) is 39.5 Å². The van der Waals surface area contributed by atoms with Gasteiger partial charge in [-0.3, -0.25) is 4.90 Å². The van der Waals surface area contributed by atoms with Crippen LogP contribution >= 0.6 is 0 Å². The highest BCUT2D eigenvalue weighted by Gasteiger charge is 2.34. The molecule has 1 N–H and O–H groups in total. The van der Waals surface area contributed by atoms with E-state index in [1.807, 2.05) is 0 Å². The molecule has 1 heterocycles. The third-order valence-corrected chi connectivity index (χ3v) is 4.72. The summed E-state index contributed by atoms with van der Waals surface area (Å²) in [6.07, 6.45) is 6.04. The summed E-state index contributed by atoms with van der Waals surface area (Å²) in [6, 6.07) is 0.682. The second-order valence-corrected chi connectivity index (χ2v) is 6.33. The summed E-state index contributed by atoms with van der Waals surface area (Å²) in [5, 5.41) is 3.39. The maximum Gasteiger partial charge on any atom is 0.0707 e. The van der Waals surface area contributed by atoms with Crippen molar-refractivity contribution in [1.29, 1.82) is 0 Å². The minimum atomic E-state index is 0.414. The van der Waals surface area contributed by atoms with Crippen LogP contribution in [-0.4, -0.2) is 63.0 Å². The molecule has 0 radical (unpaired) electrons. The van der Waals surface area contributed by atoms with Gasteiger partial charge in [-0.25, -0.2) is 0 Å². The number of hydrogen-bond donors (Lipinski definition) is 1. The normalized spacial score (nSPS) is 28.2. The highest BCUT2D eigenvalue weighted by atomic mass is 16.5. The molecule has 4 heteroatoms. The summed E-state index contributed by atoms with van der Waals surface area (Å²) in [5.74, 6) is 0.908. The van der Waals surface area contributed by atoms with Crippen LogP contribution in [0.5, 0.6) is 0 Å². The molecule has 0 aromatic rings. The standard InChI is InChI=1S/C16H32N2O2/c1-4-17-11-15-7-8-16(20-15)12-18(9-10-19-3)13(2)14-5-6-14/h13-17H,4-12H2,1-3H3. The lowest BCUT2D eigenvalue weighted by Crippen LogP contribution is -2.42. The zero-order valence-corrected chi connectivity index (χ0v) is 13.4. The number of methoxy groups -OCH3 is 1. The first-order valence-corrected chi connectivity index (χ1v) is 8.33. The van der Waals surface area contributed by atoms with Crippen LogP contribution < -0.4 is 5.32 Å². The van der Waals surface area contributed by atoms with Crippen molar-refractivity contribution in [2.45, 2.75) is 57.8 Å². The van der Waals surface area contributed by atoms with Crippen molar-refractivity contribution in [3.8, 4) is 0 Å². The predicted octanol–water partition coefficient (Wildman–Crippen LogP) is 1.89. The van der Waals surface area contributed by atoms with Gasteiger partial charge in [-0.15, -0.1) is 0 Å². The second kappa shape index (κ2) is 8.32. The maximum atomic E-state index is 6.18. The van der Waals surface area contributed by atoms with Gasteiger partial charge >= 0.3 is 0 Å². The van der Waals surface area contributed by atoms with Crippen molar-refractivity contribution in [3.05, 3.63) is 0 Å². The van der Waals surface area contributed by atoms with Gasteiger partial charge in [0.15, 0.2) is 0 Å². The number of nitrogens with one attached hydrogen (secondary N) is 1. The summed E-state index contributed by atoms with van der Waals surface area (Å²) in [6.45, 7) is 9.49. The van der Waals surface area contributed by atoms with Gasteiger partial charge < -0.3 is 14.8 Å². The molecule has 1 aliphatic carbocycles. The third-order valence-electron chi connectivity index (χ3n) is 4.72. The molecule has 4 nitrogen and oxygen atoms in total. The lowest BCUT2D eigenvalue weighted by atomic mass is 10.1. The number of rotatable bonds is 10. The van der Waals surface area contributed by atoms with Crippen molar-refractivity contribution < 1.29 is 9.47 Å². The van der Waals surface area contributed by atoms with Crippen molar-refractivity contribution in [2.75, 3.05) is 39.9 Å². The summed E-state index contributed by atoms with van der Waals surface area (Å²) in [4.78, 5) is 2.58. The SMILES string of the molecule is CCNCC1CCC(CN(CCOC)C(C)C2CC2)O1. The molecule has 3 unspecified atom stereocenters. The molecule has 2 aliphatic rings. The Morgan fingerprint density at radius 1 is 1.25 bits per heavy atom. The van der Waals surface area contributed by atoms with Crippen molar-refractivity contribution >= 4 is 0 Å².